The molecule has 0 aliphatic heterocycles. The third-order valence-corrected chi connectivity index (χ3v) is 5.83. The van der Waals surface area contributed by atoms with E-state index >= 15 is 0 Å². The molecule has 4 rings (SSSR count). The SMILES string of the molecule is Cn1c(NS(=O)(=O)c2ccnn2CCc2ccccc2)nnc1C1CC1. The highest BCUT2D eigenvalue weighted by atomic mass is 32.2. The van der Waals surface area contributed by atoms with E-state index < -0.39 is 10.0 Å². The Balaban J connectivity index is 1.52. The van der Waals surface area contributed by atoms with Gasteiger partial charge in [0.1, 0.15) is 5.82 Å². The Hall–Kier alpha value is -2.68. The van der Waals surface area contributed by atoms with Crippen molar-refractivity contribution in [2.75, 3.05) is 4.72 Å². The second-order valence-electron chi connectivity index (χ2n) is 6.45. The molecule has 0 atom stereocenters. The van der Waals surface area contributed by atoms with E-state index in [1.54, 1.807) is 11.6 Å². The summed E-state index contributed by atoms with van der Waals surface area (Å²) in [5.74, 6) is 1.44. The highest BCUT2D eigenvalue weighted by Crippen LogP contribution is 2.39. The first-order chi connectivity index (χ1) is 12.5. The molecule has 2 aromatic heterocycles. The Morgan fingerprint density at radius 2 is 1.92 bits per heavy atom. The standard InChI is InChI=1S/C17H20N6O2S/c1-22-16(14-7-8-14)19-20-17(22)21-26(24,25)15-9-11-18-23(15)12-10-13-5-3-2-4-6-13/h2-6,9,11,14H,7-8,10,12H2,1H3,(H,20,21). The summed E-state index contributed by atoms with van der Waals surface area (Å²) in [4.78, 5) is 0. The van der Waals surface area contributed by atoms with Crippen molar-refractivity contribution in [3.05, 3.63) is 54.0 Å². The Labute approximate surface area is 151 Å². The lowest BCUT2D eigenvalue weighted by atomic mass is 10.1. The molecule has 1 aliphatic rings. The second-order valence-corrected chi connectivity index (χ2v) is 8.08. The monoisotopic (exact) mass is 372 g/mol. The minimum atomic E-state index is -3.79. The lowest BCUT2D eigenvalue weighted by Gasteiger charge is -2.10. The van der Waals surface area contributed by atoms with Gasteiger partial charge in [-0.2, -0.15) is 13.5 Å². The molecule has 1 fully saturated rings. The highest BCUT2D eigenvalue weighted by molar-refractivity contribution is 7.92. The molecule has 3 aromatic rings. The maximum Gasteiger partial charge on any atom is 0.281 e. The molecule has 2 heterocycles. The second kappa shape index (κ2) is 6.56. The Morgan fingerprint density at radius 3 is 2.65 bits per heavy atom. The van der Waals surface area contributed by atoms with Crippen molar-refractivity contribution in [1.29, 1.82) is 0 Å². The molecule has 1 aliphatic carbocycles. The van der Waals surface area contributed by atoms with Crippen molar-refractivity contribution >= 4 is 16.0 Å². The lowest BCUT2D eigenvalue weighted by molar-refractivity contribution is 0.538. The molecule has 9 heteroatoms. The van der Waals surface area contributed by atoms with Gasteiger partial charge in [0.25, 0.3) is 10.0 Å². The zero-order chi connectivity index (χ0) is 18.1. The summed E-state index contributed by atoms with van der Waals surface area (Å²) in [7, 11) is -2.02. The molecule has 26 heavy (non-hydrogen) atoms. The average Bonchev–Trinajstić information content (AvgIpc) is 3.24. The van der Waals surface area contributed by atoms with Crippen LogP contribution in [0.3, 0.4) is 0 Å². The van der Waals surface area contributed by atoms with Gasteiger partial charge in [0.2, 0.25) is 5.95 Å². The molecule has 0 saturated heterocycles. The highest BCUT2D eigenvalue weighted by Gasteiger charge is 2.30. The van der Waals surface area contributed by atoms with Crippen LogP contribution in [0.25, 0.3) is 0 Å². The topological polar surface area (TPSA) is 94.7 Å². The fourth-order valence-electron chi connectivity index (χ4n) is 2.90. The van der Waals surface area contributed by atoms with E-state index in [4.69, 9.17) is 0 Å². The van der Waals surface area contributed by atoms with Crippen molar-refractivity contribution in [2.24, 2.45) is 7.05 Å². The van der Waals surface area contributed by atoms with Gasteiger partial charge in [-0.25, -0.2) is 4.72 Å². The largest absolute Gasteiger partial charge is 0.300 e. The molecule has 0 amide bonds. The van der Waals surface area contributed by atoms with Crippen LogP contribution in [0.4, 0.5) is 5.95 Å². The van der Waals surface area contributed by atoms with E-state index in [0.717, 1.165) is 24.2 Å². The van der Waals surface area contributed by atoms with E-state index in [1.807, 2.05) is 30.3 Å². The molecular formula is C17H20N6O2S. The quantitative estimate of drug-likeness (QED) is 0.684. The van der Waals surface area contributed by atoms with Gasteiger partial charge in [-0.05, 0) is 30.9 Å². The van der Waals surface area contributed by atoms with Gasteiger partial charge in [-0.1, -0.05) is 30.3 Å². The predicted octanol–water partition coefficient (Wildman–Crippen LogP) is 1.93. The molecule has 0 unspecified atom stereocenters. The minimum Gasteiger partial charge on any atom is -0.300 e. The average molecular weight is 372 g/mol. The predicted molar refractivity (Wildman–Crippen MR) is 96.2 cm³/mol. The van der Waals surface area contributed by atoms with Crippen molar-refractivity contribution in [2.45, 2.75) is 36.8 Å². The van der Waals surface area contributed by atoms with Crippen LogP contribution >= 0.6 is 0 Å². The van der Waals surface area contributed by atoms with E-state index in [-0.39, 0.29) is 11.0 Å². The Bertz CT molecular complexity index is 1010. The van der Waals surface area contributed by atoms with Gasteiger partial charge in [-0.3, -0.25) is 9.25 Å². The third-order valence-electron chi connectivity index (χ3n) is 4.48. The van der Waals surface area contributed by atoms with Crippen molar-refractivity contribution in [3.63, 3.8) is 0 Å². The van der Waals surface area contributed by atoms with Gasteiger partial charge >= 0.3 is 0 Å². The van der Waals surface area contributed by atoms with Gasteiger partial charge in [0.05, 0.1) is 6.20 Å². The zero-order valence-corrected chi connectivity index (χ0v) is 15.2. The molecule has 0 spiro atoms. The van der Waals surface area contributed by atoms with E-state index in [0.29, 0.717) is 18.9 Å². The van der Waals surface area contributed by atoms with Crippen LogP contribution < -0.4 is 4.72 Å². The van der Waals surface area contributed by atoms with Crippen LogP contribution in [-0.2, 0) is 30.0 Å². The fourth-order valence-corrected chi connectivity index (χ4v) is 4.07. The summed E-state index contributed by atoms with van der Waals surface area (Å²) in [5, 5.41) is 12.4. The summed E-state index contributed by atoms with van der Waals surface area (Å²) in [5.41, 5.74) is 1.13. The maximum atomic E-state index is 12.8. The molecule has 1 N–H and O–H groups in total. The normalized spacial score (nSPS) is 14.5. The minimum absolute atomic E-state index is 0.115. The summed E-state index contributed by atoms with van der Waals surface area (Å²) in [6, 6.07) is 11.4. The van der Waals surface area contributed by atoms with Crippen LogP contribution in [0.15, 0.2) is 47.6 Å². The Kier molecular flexibility index (Phi) is 4.23. The summed E-state index contributed by atoms with van der Waals surface area (Å²) < 4.78 is 31.3. The van der Waals surface area contributed by atoms with E-state index in [2.05, 4.69) is 20.0 Å². The number of benzene rings is 1. The molecule has 0 radical (unpaired) electrons. The fraction of sp³-hybridized carbons (Fsp3) is 0.353. The third kappa shape index (κ3) is 3.34. The number of sulfonamides is 1. The first kappa shape index (κ1) is 16.8. The summed E-state index contributed by atoms with van der Waals surface area (Å²) in [6.45, 7) is 0.472. The number of hydrogen-bond donors (Lipinski definition) is 1. The smallest absolute Gasteiger partial charge is 0.281 e. The number of aromatic nitrogens is 5. The van der Waals surface area contributed by atoms with Crippen LogP contribution in [0, 0.1) is 0 Å². The molecule has 8 nitrogen and oxygen atoms in total. The molecular weight excluding hydrogens is 352 g/mol. The lowest BCUT2D eigenvalue weighted by Crippen LogP contribution is -2.20. The first-order valence-electron chi connectivity index (χ1n) is 8.52. The number of nitrogens with zero attached hydrogens (tertiary/aromatic N) is 5. The van der Waals surface area contributed by atoms with Gasteiger partial charge in [-0.15, -0.1) is 10.2 Å². The van der Waals surface area contributed by atoms with Crippen molar-refractivity contribution in [3.8, 4) is 0 Å². The summed E-state index contributed by atoms with van der Waals surface area (Å²) >= 11 is 0. The number of nitrogens with one attached hydrogen (secondary N) is 1. The van der Waals surface area contributed by atoms with E-state index in [9.17, 15) is 8.42 Å². The number of hydrogen-bond acceptors (Lipinski definition) is 5. The number of rotatable bonds is 7. The number of anilines is 1. The number of aryl methyl sites for hydroxylation is 2. The van der Waals surface area contributed by atoms with Crippen LogP contribution in [0.2, 0.25) is 0 Å². The molecule has 0 bridgehead atoms. The van der Waals surface area contributed by atoms with Crippen molar-refractivity contribution in [1.82, 2.24) is 24.5 Å². The van der Waals surface area contributed by atoms with Crippen LogP contribution in [0.5, 0.6) is 0 Å². The maximum absolute atomic E-state index is 12.8. The van der Waals surface area contributed by atoms with Crippen molar-refractivity contribution < 1.29 is 8.42 Å². The first-order valence-corrected chi connectivity index (χ1v) is 10.0. The summed E-state index contributed by atoms with van der Waals surface area (Å²) in [6.07, 6.45) is 4.34. The van der Waals surface area contributed by atoms with E-state index in [1.165, 1.54) is 16.9 Å². The van der Waals surface area contributed by atoms with Gasteiger partial charge in [0.15, 0.2) is 5.03 Å². The van der Waals surface area contributed by atoms with Crippen LogP contribution in [-0.4, -0.2) is 33.0 Å². The molecule has 1 saturated carbocycles. The van der Waals surface area contributed by atoms with Crippen LogP contribution in [0.1, 0.15) is 30.1 Å². The van der Waals surface area contributed by atoms with Gasteiger partial charge in [0, 0.05) is 19.5 Å². The van der Waals surface area contributed by atoms with Gasteiger partial charge < -0.3 is 0 Å². The Morgan fingerprint density at radius 1 is 1.15 bits per heavy atom. The zero-order valence-electron chi connectivity index (χ0n) is 14.4. The molecule has 1 aromatic carbocycles. The molecule has 136 valence electrons.